The van der Waals surface area contributed by atoms with Crippen molar-refractivity contribution in [2.24, 2.45) is 0 Å². The van der Waals surface area contributed by atoms with Gasteiger partial charge in [0.1, 0.15) is 5.75 Å². The summed E-state index contributed by atoms with van der Waals surface area (Å²) < 4.78 is 0. The molecule has 0 fully saturated rings. The molecule has 66 valence electrons. The number of anilines is 1. The summed E-state index contributed by atoms with van der Waals surface area (Å²) in [6, 6.07) is 7.20. The van der Waals surface area contributed by atoms with Crippen LogP contribution in [0.3, 0.4) is 0 Å². The lowest BCUT2D eigenvalue weighted by Gasteiger charge is -2.20. The molecule has 0 radical (unpaired) electrons. The largest absolute Gasteiger partial charge is 0.508 e. The van der Waals surface area contributed by atoms with Crippen LogP contribution in [0.4, 0.5) is 5.69 Å². The van der Waals surface area contributed by atoms with Crippen LogP contribution in [-0.2, 0) is 0 Å². The molecule has 0 aliphatic carbocycles. The maximum atomic E-state index is 9.10. The van der Waals surface area contributed by atoms with Gasteiger partial charge < -0.3 is 10.0 Å². The summed E-state index contributed by atoms with van der Waals surface area (Å²) in [6.07, 6.45) is 8.13. The highest BCUT2D eigenvalue weighted by Gasteiger charge is 2.01. The van der Waals surface area contributed by atoms with Crippen molar-refractivity contribution in [2.75, 3.05) is 11.4 Å². The SMILES string of the molecule is Oc1ccc(N2C=CC=CC2)cc1. The predicted molar refractivity (Wildman–Crippen MR) is 53.7 cm³/mol. The van der Waals surface area contributed by atoms with Crippen molar-refractivity contribution in [1.29, 1.82) is 0 Å². The first-order chi connectivity index (χ1) is 6.36. The van der Waals surface area contributed by atoms with Crippen molar-refractivity contribution in [3.8, 4) is 5.75 Å². The summed E-state index contributed by atoms with van der Waals surface area (Å²) in [4.78, 5) is 2.11. The molecule has 0 spiro atoms. The predicted octanol–water partition coefficient (Wildman–Crippen LogP) is 2.28. The molecule has 2 nitrogen and oxygen atoms in total. The highest BCUT2D eigenvalue weighted by atomic mass is 16.3. The first-order valence-corrected chi connectivity index (χ1v) is 4.25. The first kappa shape index (κ1) is 7.92. The van der Waals surface area contributed by atoms with Crippen molar-refractivity contribution >= 4 is 5.69 Å². The highest BCUT2D eigenvalue weighted by Crippen LogP contribution is 2.19. The Balaban J connectivity index is 2.21. The molecule has 1 heterocycles. The van der Waals surface area contributed by atoms with Crippen LogP contribution in [0, 0.1) is 0 Å². The van der Waals surface area contributed by atoms with E-state index in [0.29, 0.717) is 5.75 Å². The average molecular weight is 173 g/mol. The van der Waals surface area contributed by atoms with E-state index in [-0.39, 0.29) is 0 Å². The van der Waals surface area contributed by atoms with Gasteiger partial charge in [-0.15, -0.1) is 0 Å². The standard InChI is InChI=1S/C11H11NO/c13-11-6-4-10(5-7-11)12-8-2-1-3-9-12/h1-8,13H,9H2. The third kappa shape index (κ3) is 1.72. The van der Waals surface area contributed by atoms with Gasteiger partial charge >= 0.3 is 0 Å². The Morgan fingerprint density at radius 3 is 2.46 bits per heavy atom. The average Bonchev–Trinajstić information content (AvgIpc) is 2.20. The number of rotatable bonds is 1. The van der Waals surface area contributed by atoms with E-state index in [1.54, 1.807) is 12.1 Å². The Morgan fingerprint density at radius 1 is 1.08 bits per heavy atom. The van der Waals surface area contributed by atoms with Gasteiger partial charge in [0.25, 0.3) is 0 Å². The summed E-state index contributed by atoms with van der Waals surface area (Å²) in [6.45, 7) is 0.890. The number of hydrogen-bond acceptors (Lipinski definition) is 2. The lowest BCUT2D eigenvalue weighted by atomic mass is 10.2. The summed E-state index contributed by atoms with van der Waals surface area (Å²) >= 11 is 0. The van der Waals surface area contributed by atoms with Crippen LogP contribution >= 0.6 is 0 Å². The van der Waals surface area contributed by atoms with Gasteiger partial charge in [-0.3, -0.25) is 0 Å². The lowest BCUT2D eigenvalue weighted by molar-refractivity contribution is 0.475. The highest BCUT2D eigenvalue weighted by molar-refractivity contribution is 5.52. The third-order valence-electron chi connectivity index (χ3n) is 2.00. The molecule has 0 bridgehead atoms. The van der Waals surface area contributed by atoms with Gasteiger partial charge in [0.15, 0.2) is 0 Å². The van der Waals surface area contributed by atoms with Crippen LogP contribution in [-0.4, -0.2) is 11.7 Å². The van der Waals surface area contributed by atoms with E-state index >= 15 is 0 Å². The van der Waals surface area contributed by atoms with Crippen LogP contribution in [0.1, 0.15) is 0 Å². The topological polar surface area (TPSA) is 23.5 Å². The summed E-state index contributed by atoms with van der Waals surface area (Å²) in [5, 5.41) is 9.10. The number of nitrogens with zero attached hydrogens (tertiary/aromatic N) is 1. The second-order valence-corrected chi connectivity index (χ2v) is 2.94. The van der Waals surface area contributed by atoms with E-state index in [2.05, 4.69) is 11.0 Å². The van der Waals surface area contributed by atoms with E-state index in [0.717, 1.165) is 12.2 Å². The molecule has 0 saturated heterocycles. The van der Waals surface area contributed by atoms with Crippen molar-refractivity contribution < 1.29 is 5.11 Å². The minimum atomic E-state index is 0.306. The van der Waals surface area contributed by atoms with E-state index < -0.39 is 0 Å². The Morgan fingerprint density at radius 2 is 1.85 bits per heavy atom. The van der Waals surface area contributed by atoms with Gasteiger partial charge in [0.2, 0.25) is 0 Å². The van der Waals surface area contributed by atoms with Crippen molar-refractivity contribution in [3.63, 3.8) is 0 Å². The number of aromatic hydroxyl groups is 1. The second-order valence-electron chi connectivity index (χ2n) is 2.94. The molecule has 1 aromatic rings. The molecule has 0 aromatic heterocycles. The monoisotopic (exact) mass is 173 g/mol. The normalized spacial score (nSPS) is 14.9. The minimum Gasteiger partial charge on any atom is -0.508 e. The molecule has 0 saturated carbocycles. The van der Waals surface area contributed by atoms with Crippen LogP contribution in [0.2, 0.25) is 0 Å². The lowest BCUT2D eigenvalue weighted by Crippen LogP contribution is -2.16. The molecule has 1 aliphatic heterocycles. The van der Waals surface area contributed by atoms with Gasteiger partial charge in [-0.1, -0.05) is 12.2 Å². The third-order valence-corrected chi connectivity index (χ3v) is 2.00. The smallest absolute Gasteiger partial charge is 0.115 e. The zero-order chi connectivity index (χ0) is 9.10. The number of allylic oxidation sites excluding steroid dienone is 2. The number of phenolic OH excluding ortho intramolecular Hbond substituents is 1. The molecular weight excluding hydrogens is 162 g/mol. The van der Waals surface area contributed by atoms with Crippen molar-refractivity contribution in [3.05, 3.63) is 48.7 Å². The Bertz CT molecular complexity index is 338. The fourth-order valence-corrected chi connectivity index (χ4v) is 1.30. The molecule has 2 rings (SSSR count). The van der Waals surface area contributed by atoms with Crippen LogP contribution < -0.4 is 4.90 Å². The van der Waals surface area contributed by atoms with Crippen molar-refractivity contribution in [1.82, 2.24) is 0 Å². The fraction of sp³-hybridized carbons (Fsp3) is 0.0909. The van der Waals surface area contributed by atoms with E-state index in [1.165, 1.54) is 0 Å². The van der Waals surface area contributed by atoms with Gasteiger partial charge in [-0.05, 0) is 30.3 Å². The molecule has 1 aliphatic rings. The van der Waals surface area contributed by atoms with E-state index in [9.17, 15) is 0 Å². The van der Waals surface area contributed by atoms with E-state index in [4.69, 9.17) is 5.11 Å². The molecule has 0 unspecified atom stereocenters. The van der Waals surface area contributed by atoms with Gasteiger partial charge in [0.05, 0.1) is 0 Å². The Hall–Kier alpha value is -1.70. The number of hydrogen-bond donors (Lipinski definition) is 1. The van der Waals surface area contributed by atoms with Crippen molar-refractivity contribution in [2.45, 2.75) is 0 Å². The fourth-order valence-electron chi connectivity index (χ4n) is 1.30. The van der Waals surface area contributed by atoms with Crippen LogP contribution in [0.5, 0.6) is 5.75 Å². The molecule has 1 N–H and O–H groups in total. The molecule has 2 heteroatoms. The summed E-state index contributed by atoms with van der Waals surface area (Å²) in [5.41, 5.74) is 1.10. The minimum absolute atomic E-state index is 0.306. The maximum Gasteiger partial charge on any atom is 0.115 e. The van der Waals surface area contributed by atoms with Gasteiger partial charge in [-0.25, -0.2) is 0 Å². The van der Waals surface area contributed by atoms with E-state index in [1.807, 2.05) is 30.5 Å². The molecular formula is C11H11NO. The zero-order valence-corrected chi connectivity index (χ0v) is 7.22. The summed E-state index contributed by atoms with van der Waals surface area (Å²) in [5.74, 6) is 0.306. The summed E-state index contributed by atoms with van der Waals surface area (Å²) in [7, 11) is 0. The molecule has 0 atom stereocenters. The first-order valence-electron chi connectivity index (χ1n) is 4.25. The van der Waals surface area contributed by atoms with Crippen LogP contribution in [0.25, 0.3) is 0 Å². The zero-order valence-electron chi connectivity index (χ0n) is 7.22. The van der Waals surface area contributed by atoms with Gasteiger partial charge in [0, 0.05) is 18.4 Å². The number of phenols is 1. The molecule has 13 heavy (non-hydrogen) atoms. The number of benzene rings is 1. The van der Waals surface area contributed by atoms with Crippen LogP contribution in [0.15, 0.2) is 48.7 Å². The Labute approximate surface area is 77.4 Å². The Kier molecular flexibility index (Phi) is 2.04. The maximum absolute atomic E-state index is 9.10. The quantitative estimate of drug-likeness (QED) is 0.704. The molecule has 1 aromatic carbocycles. The second kappa shape index (κ2) is 3.35. The van der Waals surface area contributed by atoms with Gasteiger partial charge in [-0.2, -0.15) is 0 Å². The molecule has 0 amide bonds.